The summed E-state index contributed by atoms with van der Waals surface area (Å²) in [5, 5.41) is 9.38. The summed E-state index contributed by atoms with van der Waals surface area (Å²) in [5.41, 5.74) is 1.40. The molecule has 0 bridgehead atoms. The predicted octanol–water partition coefficient (Wildman–Crippen LogP) is 2.08. The van der Waals surface area contributed by atoms with E-state index in [1.807, 2.05) is 25.1 Å². The minimum absolute atomic E-state index is 0.0621. The lowest BCUT2D eigenvalue weighted by molar-refractivity contribution is -0.171. The third-order valence-corrected chi connectivity index (χ3v) is 5.64. The van der Waals surface area contributed by atoms with E-state index in [9.17, 15) is 14.7 Å². The second-order valence-corrected chi connectivity index (χ2v) is 7.55. The largest absolute Gasteiger partial charge is 0.465 e. The molecule has 0 radical (unpaired) electrons. The summed E-state index contributed by atoms with van der Waals surface area (Å²) in [7, 11) is 1.35. The van der Waals surface area contributed by atoms with Gasteiger partial charge in [-0.3, -0.25) is 4.79 Å². The molecule has 0 aliphatic carbocycles. The van der Waals surface area contributed by atoms with Crippen molar-refractivity contribution in [3.8, 4) is 0 Å². The first-order valence-electron chi connectivity index (χ1n) is 10.7. The highest BCUT2D eigenvalue weighted by molar-refractivity contribution is 5.92. The van der Waals surface area contributed by atoms with Gasteiger partial charge in [-0.15, -0.1) is 0 Å². The normalized spacial score (nSPS) is 23.6. The molecular weight excluding hydrogens is 402 g/mol. The number of nitrogens with zero attached hydrogens (tertiary/aromatic N) is 1. The van der Waals surface area contributed by atoms with Gasteiger partial charge < -0.3 is 29.0 Å². The quantitative estimate of drug-likeness (QED) is 0.627. The van der Waals surface area contributed by atoms with Gasteiger partial charge in [0.1, 0.15) is 0 Å². The van der Waals surface area contributed by atoms with E-state index in [-0.39, 0.29) is 30.1 Å². The summed E-state index contributed by atoms with van der Waals surface area (Å²) in [6.07, 6.45) is 2.50. The van der Waals surface area contributed by atoms with Crippen LogP contribution in [0.15, 0.2) is 36.1 Å². The van der Waals surface area contributed by atoms with Gasteiger partial charge in [-0.25, -0.2) is 4.79 Å². The molecule has 8 nitrogen and oxygen atoms in total. The van der Waals surface area contributed by atoms with Gasteiger partial charge in [-0.1, -0.05) is 12.1 Å². The van der Waals surface area contributed by atoms with E-state index < -0.39 is 12.3 Å². The summed E-state index contributed by atoms with van der Waals surface area (Å²) in [4.78, 5) is 26.6. The number of hydrogen-bond acceptors (Lipinski definition) is 7. The molecule has 31 heavy (non-hydrogen) atoms. The van der Waals surface area contributed by atoms with Crippen LogP contribution in [0.3, 0.4) is 0 Å². The van der Waals surface area contributed by atoms with Crippen LogP contribution in [-0.4, -0.2) is 74.8 Å². The summed E-state index contributed by atoms with van der Waals surface area (Å²) in [6, 6.07) is 7.16. The Morgan fingerprint density at radius 3 is 2.52 bits per heavy atom. The number of hydrogen-bond donors (Lipinski definition) is 1. The molecule has 2 heterocycles. The van der Waals surface area contributed by atoms with E-state index in [0.29, 0.717) is 51.3 Å². The SMILES string of the molecule is CCO[C@H]1OC(C(=O)N2CCOCC2)=C[C@@H](c2ccc(C(=O)OC)cc2)[C@H]1CCCO. The Morgan fingerprint density at radius 2 is 1.90 bits per heavy atom. The maximum Gasteiger partial charge on any atom is 0.337 e. The van der Waals surface area contributed by atoms with Crippen molar-refractivity contribution in [2.75, 3.05) is 46.6 Å². The molecule has 1 saturated heterocycles. The van der Waals surface area contributed by atoms with Crippen molar-refractivity contribution in [3.63, 3.8) is 0 Å². The Labute approximate surface area is 182 Å². The van der Waals surface area contributed by atoms with Crippen molar-refractivity contribution in [2.45, 2.75) is 32.0 Å². The van der Waals surface area contributed by atoms with Gasteiger partial charge in [0.2, 0.25) is 6.29 Å². The van der Waals surface area contributed by atoms with Crippen LogP contribution in [0.2, 0.25) is 0 Å². The average molecular weight is 434 g/mol. The molecule has 0 unspecified atom stereocenters. The van der Waals surface area contributed by atoms with E-state index in [2.05, 4.69) is 0 Å². The van der Waals surface area contributed by atoms with Crippen molar-refractivity contribution < 1.29 is 33.6 Å². The number of benzene rings is 1. The van der Waals surface area contributed by atoms with Crippen LogP contribution in [0, 0.1) is 5.92 Å². The fraction of sp³-hybridized carbons (Fsp3) is 0.565. The van der Waals surface area contributed by atoms with E-state index in [0.717, 1.165) is 5.56 Å². The molecule has 8 heteroatoms. The Balaban J connectivity index is 1.93. The molecule has 1 fully saturated rings. The van der Waals surface area contributed by atoms with Crippen LogP contribution in [0.4, 0.5) is 0 Å². The number of ether oxygens (including phenoxy) is 4. The first-order chi connectivity index (χ1) is 15.1. The highest BCUT2D eigenvalue weighted by Crippen LogP contribution is 2.39. The maximum absolute atomic E-state index is 13.1. The van der Waals surface area contributed by atoms with Gasteiger partial charge >= 0.3 is 5.97 Å². The van der Waals surface area contributed by atoms with E-state index in [1.54, 1.807) is 17.0 Å². The molecule has 3 atom stereocenters. The average Bonchev–Trinajstić information content (AvgIpc) is 2.82. The van der Waals surface area contributed by atoms with Crippen LogP contribution in [0.5, 0.6) is 0 Å². The van der Waals surface area contributed by atoms with Crippen molar-refractivity contribution in [1.29, 1.82) is 0 Å². The number of aliphatic hydroxyl groups is 1. The lowest BCUT2D eigenvalue weighted by atomic mass is 9.80. The molecule has 1 N–H and O–H groups in total. The molecule has 0 saturated carbocycles. The first-order valence-corrected chi connectivity index (χ1v) is 10.7. The molecule has 1 aromatic carbocycles. The third kappa shape index (κ3) is 5.64. The third-order valence-electron chi connectivity index (χ3n) is 5.64. The zero-order valence-corrected chi connectivity index (χ0v) is 18.1. The topological polar surface area (TPSA) is 94.5 Å². The summed E-state index contributed by atoms with van der Waals surface area (Å²) >= 11 is 0. The number of esters is 1. The number of allylic oxidation sites excluding steroid dienone is 1. The number of aliphatic hydroxyl groups excluding tert-OH is 1. The molecular formula is C23H31NO7. The first kappa shape index (κ1) is 23.2. The van der Waals surface area contributed by atoms with Gasteiger partial charge in [0.15, 0.2) is 5.76 Å². The smallest absolute Gasteiger partial charge is 0.337 e. The second-order valence-electron chi connectivity index (χ2n) is 7.55. The van der Waals surface area contributed by atoms with Crippen LogP contribution < -0.4 is 0 Å². The van der Waals surface area contributed by atoms with Crippen LogP contribution in [0.25, 0.3) is 0 Å². The molecule has 1 amide bonds. The van der Waals surface area contributed by atoms with Gasteiger partial charge in [-0.2, -0.15) is 0 Å². The van der Waals surface area contributed by atoms with Crippen molar-refractivity contribution in [1.82, 2.24) is 4.90 Å². The molecule has 0 aromatic heterocycles. The summed E-state index contributed by atoms with van der Waals surface area (Å²) in [5.74, 6) is -0.561. The van der Waals surface area contributed by atoms with Gasteiger partial charge in [0.05, 0.1) is 25.9 Å². The molecule has 0 spiro atoms. The molecule has 2 aliphatic rings. The Kier molecular flexibility index (Phi) is 8.45. The van der Waals surface area contributed by atoms with E-state index in [1.165, 1.54) is 7.11 Å². The summed E-state index contributed by atoms with van der Waals surface area (Å²) < 4.78 is 22.0. The number of rotatable bonds is 8. The molecule has 2 aliphatic heterocycles. The zero-order chi connectivity index (χ0) is 22.2. The monoisotopic (exact) mass is 433 g/mol. The number of morpholine rings is 1. The standard InChI is InChI=1S/C23H31NO7/c1-3-30-23-18(5-4-12-25)19(16-6-8-17(9-7-16)22(27)28-2)15-20(31-23)21(26)24-10-13-29-14-11-24/h6-9,15,18-19,23,25H,3-5,10-14H2,1-2H3/t18-,19+,23+/m1/s1. The minimum Gasteiger partial charge on any atom is -0.465 e. The van der Waals surface area contributed by atoms with Gasteiger partial charge in [-0.05, 0) is 43.5 Å². The van der Waals surface area contributed by atoms with Crippen LogP contribution in [0.1, 0.15) is 41.6 Å². The number of carbonyl (C=O) groups excluding carboxylic acids is 2. The Hall–Kier alpha value is -2.42. The van der Waals surface area contributed by atoms with Crippen LogP contribution >= 0.6 is 0 Å². The molecule has 170 valence electrons. The second kappa shape index (κ2) is 11.3. The molecule has 1 aromatic rings. The summed E-state index contributed by atoms with van der Waals surface area (Å²) in [6.45, 7) is 4.43. The van der Waals surface area contributed by atoms with Gasteiger partial charge in [0.25, 0.3) is 5.91 Å². The van der Waals surface area contributed by atoms with E-state index in [4.69, 9.17) is 18.9 Å². The Morgan fingerprint density at radius 1 is 1.19 bits per heavy atom. The lowest BCUT2D eigenvalue weighted by Crippen LogP contribution is -2.44. The Bertz CT molecular complexity index is 771. The number of amides is 1. The van der Waals surface area contributed by atoms with Crippen molar-refractivity contribution in [2.24, 2.45) is 5.92 Å². The minimum atomic E-state index is -0.605. The van der Waals surface area contributed by atoms with Crippen LogP contribution in [-0.2, 0) is 23.7 Å². The van der Waals surface area contributed by atoms with Crippen molar-refractivity contribution >= 4 is 11.9 Å². The van der Waals surface area contributed by atoms with E-state index >= 15 is 0 Å². The number of carbonyl (C=O) groups is 2. The fourth-order valence-electron chi connectivity index (χ4n) is 4.02. The fourth-order valence-corrected chi connectivity index (χ4v) is 4.02. The zero-order valence-electron chi connectivity index (χ0n) is 18.1. The maximum atomic E-state index is 13.1. The number of methoxy groups -OCH3 is 1. The lowest BCUT2D eigenvalue weighted by Gasteiger charge is -2.38. The van der Waals surface area contributed by atoms with Crippen molar-refractivity contribution in [3.05, 3.63) is 47.2 Å². The predicted molar refractivity (Wildman–Crippen MR) is 112 cm³/mol. The highest BCUT2D eigenvalue weighted by atomic mass is 16.7. The van der Waals surface area contributed by atoms with Gasteiger partial charge in [0, 0.05) is 38.1 Å². The molecule has 3 rings (SSSR count). The highest BCUT2D eigenvalue weighted by Gasteiger charge is 2.39.